The van der Waals surface area contributed by atoms with E-state index in [1.165, 1.54) is 11.1 Å². The van der Waals surface area contributed by atoms with Gasteiger partial charge in [0, 0.05) is 0 Å². The zero-order chi connectivity index (χ0) is 10.5. The van der Waals surface area contributed by atoms with Gasteiger partial charge >= 0.3 is 0 Å². The van der Waals surface area contributed by atoms with Crippen molar-refractivity contribution in [2.45, 2.75) is 44.1 Å². The van der Waals surface area contributed by atoms with Crippen molar-refractivity contribution in [1.29, 1.82) is 0 Å². The fourth-order valence-electron chi connectivity index (χ4n) is 3.59. The summed E-state index contributed by atoms with van der Waals surface area (Å²) in [5, 5.41) is 10.3. The molecule has 3 atom stereocenters. The molecule has 0 spiro atoms. The number of fused-ring (bicyclic) bond motifs is 3. The average molecular weight is 202 g/mol. The molecular formula is C14H18O. The van der Waals surface area contributed by atoms with E-state index in [1.54, 1.807) is 0 Å². The van der Waals surface area contributed by atoms with Gasteiger partial charge in [-0.3, -0.25) is 0 Å². The summed E-state index contributed by atoms with van der Waals surface area (Å²) in [6.07, 6.45) is 4.44. The lowest BCUT2D eigenvalue weighted by Crippen LogP contribution is -2.33. The molecule has 0 amide bonds. The van der Waals surface area contributed by atoms with E-state index in [-0.39, 0.29) is 0 Å². The van der Waals surface area contributed by atoms with E-state index in [0.717, 1.165) is 25.7 Å². The summed E-state index contributed by atoms with van der Waals surface area (Å²) in [6.45, 7) is 2.02. The SMILES string of the molecule is C[C@@]1(O)CC[C@H]2c3ccccc3CC[C@H]21. The van der Waals surface area contributed by atoms with Crippen LogP contribution in [-0.2, 0) is 6.42 Å². The first-order valence-electron chi connectivity index (χ1n) is 5.99. The summed E-state index contributed by atoms with van der Waals surface area (Å²) in [6, 6.07) is 8.77. The van der Waals surface area contributed by atoms with E-state index < -0.39 is 5.60 Å². The van der Waals surface area contributed by atoms with E-state index in [2.05, 4.69) is 24.3 Å². The summed E-state index contributed by atoms with van der Waals surface area (Å²) in [5.74, 6) is 1.11. The highest BCUT2D eigenvalue weighted by atomic mass is 16.3. The van der Waals surface area contributed by atoms with Gasteiger partial charge in [0.05, 0.1) is 5.60 Å². The van der Waals surface area contributed by atoms with Gasteiger partial charge in [-0.2, -0.15) is 0 Å². The van der Waals surface area contributed by atoms with Crippen molar-refractivity contribution >= 4 is 0 Å². The van der Waals surface area contributed by atoms with Crippen LogP contribution in [0.2, 0.25) is 0 Å². The van der Waals surface area contributed by atoms with Gasteiger partial charge in [0.25, 0.3) is 0 Å². The minimum Gasteiger partial charge on any atom is -0.390 e. The van der Waals surface area contributed by atoms with Gasteiger partial charge in [-0.25, -0.2) is 0 Å². The maximum atomic E-state index is 10.3. The van der Waals surface area contributed by atoms with Crippen molar-refractivity contribution in [2.24, 2.45) is 5.92 Å². The second-order valence-electron chi connectivity index (χ2n) is 5.35. The minimum absolute atomic E-state index is 0.418. The summed E-state index contributed by atoms with van der Waals surface area (Å²) in [5.41, 5.74) is 2.60. The molecule has 0 saturated heterocycles. The lowest BCUT2D eigenvalue weighted by atomic mass is 9.73. The van der Waals surface area contributed by atoms with Crippen molar-refractivity contribution in [1.82, 2.24) is 0 Å². The third-order valence-electron chi connectivity index (χ3n) is 4.43. The summed E-state index contributed by atoms with van der Waals surface area (Å²) in [7, 11) is 0. The van der Waals surface area contributed by atoms with E-state index in [1.807, 2.05) is 6.92 Å². The zero-order valence-electron chi connectivity index (χ0n) is 9.24. The fourth-order valence-corrected chi connectivity index (χ4v) is 3.59. The molecule has 1 aromatic rings. The van der Waals surface area contributed by atoms with E-state index in [0.29, 0.717) is 11.8 Å². The molecule has 80 valence electrons. The van der Waals surface area contributed by atoms with Crippen molar-refractivity contribution in [3.8, 4) is 0 Å². The van der Waals surface area contributed by atoms with Crippen molar-refractivity contribution in [2.75, 3.05) is 0 Å². The third-order valence-corrected chi connectivity index (χ3v) is 4.43. The summed E-state index contributed by atoms with van der Waals surface area (Å²) >= 11 is 0. The van der Waals surface area contributed by atoms with Gasteiger partial charge in [-0.15, -0.1) is 0 Å². The number of rotatable bonds is 0. The first-order chi connectivity index (χ1) is 7.18. The molecule has 2 aliphatic carbocycles. The maximum Gasteiger partial charge on any atom is 0.0654 e. The molecule has 15 heavy (non-hydrogen) atoms. The zero-order valence-corrected chi connectivity index (χ0v) is 9.24. The molecule has 0 aliphatic heterocycles. The second kappa shape index (κ2) is 3.08. The lowest BCUT2D eigenvalue weighted by molar-refractivity contribution is 0.0121. The Bertz CT molecular complexity index is 381. The Morgan fingerprint density at radius 1 is 1.27 bits per heavy atom. The predicted molar refractivity (Wildman–Crippen MR) is 60.9 cm³/mol. The number of hydrogen-bond acceptors (Lipinski definition) is 1. The predicted octanol–water partition coefficient (Wildman–Crippen LogP) is 2.88. The van der Waals surface area contributed by atoms with E-state index >= 15 is 0 Å². The molecule has 1 heteroatoms. The average Bonchev–Trinajstić information content (AvgIpc) is 2.55. The molecule has 0 bridgehead atoms. The van der Waals surface area contributed by atoms with Gasteiger partial charge in [0.15, 0.2) is 0 Å². The molecule has 2 aliphatic rings. The largest absolute Gasteiger partial charge is 0.390 e. The minimum atomic E-state index is -0.418. The van der Waals surface area contributed by atoms with Crippen LogP contribution in [0.5, 0.6) is 0 Å². The first-order valence-corrected chi connectivity index (χ1v) is 5.99. The Hall–Kier alpha value is -0.820. The highest BCUT2D eigenvalue weighted by Gasteiger charge is 2.46. The Morgan fingerprint density at radius 2 is 2.07 bits per heavy atom. The van der Waals surface area contributed by atoms with Crippen LogP contribution in [0, 0.1) is 5.92 Å². The standard InChI is InChI=1S/C14H18O/c1-14(15)9-8-12-11-5-3-2-4-10(11)6-7-13(12)14/h2-5,12-13,15H,6-9H2,1H3/t12-,13+,14+/m0/s1. The monoisotopic (exact) mass is 202 g/mol. The number of aliphatic hydroxyl groups is 1. The third kappa shape index (κ3) is 1.33. The Labute approximate surface area is 91.1 Å². The van der Waals surface area contributed by atoms with Gasteiger partial charge in [-0.1, -0.05) is 24.3 Å². The molecule has 1 saturated carbocycles. The molecule has 1 N–H and O–H groups in total. The van der Waals surface area contributed by atoms with Gasteiger partial charge < -0.3 is 5.11 Å². The van der Waals surface area contributed by atoms with Crippen LogP contribution in [0.4, 0.5) is 0 Å². The second-order valence-corrected chi connectivity index (χ2v) is 5.35. The molecule has 1 aromatic carbocycles. The van der Waals surface area contributed by atoms with Crippen LogP contribution < -0.4 is 0 Å². The fraction of sp³-hybridized carbons (Fsp3) is 0.571. The van der Waals surface area contributed by atoms with Crippen LogP contribution >= 0.6 is 0 Å². The van der Waals surface area contributed by atoms with Crippen LogP contribution in [0.25, 0.3) is 0 Å². The molecular weight excluding hydrogens is 184 g/mol. The quantitative estimate of drug-likeness (QED) is 0.686. The van der Waals surface area contributed by atoms with Gasteiger partial charge in [0.2, 0.25) is 0 Å². The molecule has 0 unspecified atom stereocenters. The molecule has 0 aromatic heterocycles. The molecule has 1 nitrogen and oxygen atoms in total. The Morgan fingerprint density at radius 3 is 2.93 bits per heavy atom. The van der Waals surface area contributed by atoms with E-state index in [4.69, 9.17) is 0 Å². The van der Waals surface area contributed by atoms with Crippen LogP contribution in [-0.4, -0.2) is 10.7 Å². The van der Waals surface area contributed by atoms with Crippen molar-refractivity contribution in [3.05, 3.63) is 35.4 Å². The summed E-state index contributed by atoms with van der Waals surface area (Å²) < 4.78 is 0. The van der Waals surface area contributed by atoms with Crippen molar-refractivity contribution < 1.29 is 5.11 Å². The molecule has 0 radical (unpaired) electrons. The number of benzene rings is 1. The van der Waals surface area contributed by atoms with Crippen LogP contribution in [0.15, 0.2) is 24.3 Å². The number of aryl methyl sites for hydroxylation is 1. The van der Waals surface area contributed by atoms with E-state index in [9.17, 15) is 5.11 Å². The smallest absolute Gasteiger partial charge is 0.0654 e. The first kappa shape index (κ1) is 9.41. The summed E-state index contributed by atoms with van der Waals surface area (Å²) in [4.78, 5) is 0. The van der Waals surface area contributed by atoms with Gasteiger partial charge in [-0.05, 0) is 55.6 Å². The van der Waals surface area contributed by atoms with Gasteiger partial charge in [0.1, 0.15) is 0 Å². The molecule has 0 heterocycles. The normalized spacial score (nSPS) is 38.5. The number of hydrogen-bond donors (Lipinski definition) is 1. The highest BCUT2D eigenvalue weighted by Crippen LogP contribution is 2.51. The molecule has 3 rings (SSSR count). The topological polar surface area (TPSA) is 20.2 Å². The maximum absolute atomic E-state index is 10.3. The highest BCUT2D eigenvalue weighted by molar-refractivity contribution is 5.35. The van der Waals surface area contributed by atoms with Crippen LogP contribution in [0.3, 0.4) is 0 Å². The van der Waals surface area contributed by atoms with Crippen molar-refractivity contribution in [3.63, 3.8) is 0 Å². The lowest BCUT2D eigenvalue weighted by Gasteiger charge is -2.34. The molecule has 1 fully saturated rings. The van der Waals surface area contributed by atoms with Crippen LogP contribution in [0.1, 0.15) is 43.2 Å². The Kier molecular flexibility index (Phi) is 1.93. The Balaban J connectivity index is 2.03.